The molecular weight excluding hydrogens is 390 g/mol. The first-order valence-corrected chi connectivity index (χ1v) is 10.8. The van der Waals surface area contributed by atoms with Crippen LogP contribution in [-0.2, 0) is 17.9 Å². The standard InChI is InChI=1S/C25H27N3O3/c29-28(30)25-15-14-23(17-26-25)27(18-20-8-3-1-4-9-20)22-12-7-13-24(16-22)31-19-21-10-5-2-6-11-21/h1-6,8-11,14-15,17,22,24H,7,12-13,16,18-19H2. The minimum Gasteiger partial charge on any atom is -0.373 e. The smallest absolute Gasteiger partial charge is 0.363 e. The normalized spacial score (nSPS) is 18.5. The number of benzene rings is 2. The Labute approximate surface area is 182 Å². The van der Waals surface area contributed by atoms with E-state index in [1.54, 1.807) is 6.20 Å². The van der Waals surface area contributed by atoms with Gasteiger partial charge in [0.05, 0.1) is 18.4 Å². The van der Waals surface area contributed by atoms with E-state index in [4.69, 9.17) is 4.74 Å². The van der Waals surface area contributed by atoms with Crippen LogP contribution in [0.1, 0.15) is 36.8 Å². The van der Waals surface area contributed by atoms with Gasteiger partial charge in [0.25, 0.3) is 0 Å². The molecule has 31 heavy (non-hydrogen) atoms. The summed E-state index contributed by atoms with van der Waals surface area (Å²) in [4.78, 5) is 16.9. The summed E-state index contributed by atoms with van der Waals surface area (Å²) in [6.07, 6.45) is 5.96. The second-order valence-electron chi connectivity index (χ2n) is 7.98. The quantitative estimate of drug-likeness (QED) is 0.356. The molecule has 160 valence electrons. The van der Waals surface area contributed by atoms with Crippen molar-refractivity contribution in [2.45, 2.75) is 51.0 Å². The average Bonchev–Trinajstić information content (AvgIpc) is 2.83. The number of anilines is 1. The van der Waals surface area contributed by atoms with Crippen LogP contribution in [0, 0.1) is 10.1 Å². The lowest BCUT2D eigenvalue weighted by molar-refractivity contribution is -0.389. The van der Waals surface area contributed by atoms with E-state index in [-0.39, 0.29) is 18.0 Å². The molecule has 6 heteroatoms. The molecule has 0 amide bonds. The van der Waals surface area contributed by atoms with Crippen molar-refractivity contribution in [3.05, 3.63) is 100 Å². The first-order chi connectivity index (χ1) is 15.2. The van der Waals surface area contributed by atoms with Crippen LogP contribution in [0.25, 0.3) is 0 Å². The molecule has 0 saturated heterocycles. The first-order valence-electron chi connectivity index (χ1n) is 10.8. The van der Waals surface area contributed by atoms with Crippen LogP contribution >= 0.6 is 0 Å². The Hall–Kier alpha value is -3.25. The van der Waals surface area contributed by atoms with Crippen molar-refractivity contribution in [3.63, 3.8) is 0 Å². The van der Waals surface area contributed by atoms with Crippen molar-refractivity contribution in [3.8, 4) is 0 Å². The van der Waals surface area contributed by atoms with Crippen molar-refractivity contribution < 1.29 is 9.66 Å². The fourth-order valence-corrected chi connectivity index (χ4v) is 4.21. The van der Waals surface area contributed by atoms with Gasteiger partial charge in [0.15, 0.2) is 6.20 Å². The molecule has 2 atom stereocenters. The van der Waals surface area contributed by atoms with Crippen LogP contribution in [0.4, 0.5) is 11.5 Å². The van der Waals surface area contributed by atoms with Gasteiger partial charge in [-0.3, -0.25) is 0 Å². The molecule has 4 rings (SSSR count). The summed E-state index contributed by atoms with van der Waals surface area (Å²) in [6, 6.07) is 24.1. The lowest BCUT2D eigenvalue weighted by Crippen LogP contribution is -2.40. The van der Waals surface area contributed by atoms with Gasteiger partial charge in [-0.15, -0.1) is 0 Å². The summed E-state index contributed by atoms with van der Waals surface area (Å²) in [5, 5.41) is 11.0. The maximum Gasteiger partial charge on any atom is 0.363 e. The number of aromatic nitrogens is 1. The maximum absolute atomic E-state index is 11.0. The van der Waals surface area contributed by atoms with Crippen molar-refractivity contribution in [1.82, 2.24) is 4.98 Å². The highest BCUT2D eigenvalue weighted by Crippen LogP contribution is 2.31. The molecule has 0 radical (unpaired) electrons. The number of rotatable bonds is 8. The Bertz CT molecular complexity index is 964. The molecular formula is C25H27N3O3. The number of pyridine rings is 1. The van der Waals surface area contributed by atoms with E-state index in [9.17, 15) is 10.1 Å². The van der Waals surface area contributed by atoms with Gasteiger partial charge in [0.2, 0.25) is 0 Å². The summed E-state index contributed by atoms with van der Waals surface area (Å²) >= 11 is 0. The minimum absolute atomic E-state index is 0.129. The number of hydrogen-bond donors (Lipinski definition) is 0. The molecule has 1 aliphatic carbocycles. The highest BCUT2D eigenvalue weighted by molar-refractivity contribution is 5.48. The minimum atomic E-state index is -0.459. The van der Waals surface area contributed by atoms with Gasteiger partial charge < -0.3 is 19.8 Å². The van der Waals surface area contributed by atoms with E-state index in [0.717, 1.165) is 37.9 Å². The molecule has 1 aromatic heterocycles. The Morgan fingerprint density at radius 2 is 1.68 bits per heavy atom. The van der Waals surface area contributed by atoms with Crippen LogP contribution in [0.5, 0.6) is 0 Å². The summed E-state index contributed by atoms with van der Waals surface area (Å²) < 4.78 is 6.25. The van der Waals surface area contributed by atoms with Gasteiger partial charge in [0, 0.05) is 18.7 Å². The van der Waals surface area contributed by atoms with Crippen LogP contribution in [0.3, 0.4) is 0 Å². The monoisotopic (exact) mass is 417 g/mol. The number of nitro groups is 1. The number of ether oxygens (including phenoxy) is 1. The van der Waals surface area contributed by atoms with Gasteiger partial charge in [-0.05, 0) is 52.8 Å². The fraction of sp³-hybridized carbons (Fsp3) is 0.320. The first kappa shape index (κ1) is 21.0. The average molecular weight is 418 g/mol. The molecule has 2 unspecified atom stereocenters. The van der Waals surface area contributed by atoms with Gasteiger partial charge in [-0.1, -0.05) is 60.7 Å². The SMILES string of the molecule is O=[N+]([O-])c1ccc(N(Cc2ccccc2)C2CCCC(OCc3ccccc3)C2)cn1. The largest absolute Gasteiger partial charge is 0.373 e. The zero-order valence-corrected chi connectivity index (χ0v) is 17.5. The van der Waals surface area contributed by atoms with Crippen LogP contribution in [0.15, 0.2) is 79.0 Å². The fourth-order valence-electron chi connectivity index (χ4n) is 4.21. The molecule has 1 aliphatic rings. The molecule has 3 aromatic rings. The second-order valence-corrected chi connectivity index (χ2v) is 7.98. The van der Waals surface area contributed by atoms with Gasteiger partial charge in [-0.2, -0.15) is 0 Å². The highest BCUT2D eigenvalue weighted by Gasteiger charge is 2.28. The highest BCUT2D eigenvalue weighted by atomic mass is 16.6. The third-order valence-electron chi connectivity index (χ3n) is 5.81. The maximum atomic E-state index is 11.0. The van der Waals surface area contributed by atoms with Crippen molar-refractivity contribution in [2.75, 3.05) is 4.90 Å². The number of hydrogen-bond acceptors (Lipinski definition) is 5. The van der Waals surface area contributed by atoms with Crippen molar-refractivity contribution >= 4 is 11.5 Å². The lowest BCUT2D eigenvalue weighted by Gasteiger charge is -2.38. The summed E-state index contributed by atoms with van der Waals surface area (Å²) in [7, 11) is 0. The summed E-state index contributed by atoms with van der Waals surface area (Å²) in [5.74, 6) is -0.129. The Morgan fingerprint density at radius 3 is 2.32 bits per heavy atom. The predicted molar refractivity (Wildman–Crippen MR) is 121 cm³/mol. The van der Waals surface area contributed by atoms with E-state index < -0.39 is 4.92 Å². The molecule has 0 spiro atoms. The second kappa shape index (κ2) is 10.2. The molecule has 6 nitrogen and oxygen atoms in total. The molecule has 0 N–H and O–H groups in total. The van der Waals surface area contributed by atoms with E-state index in [0.29, 0.717) is 6.61 Å². The third-order valence-corrected chi connectivity index (χ3v) is 5.81. The lowest BCUT2D eigenvalue weighted by atomic mass is 9.91. The molecule has 1 saturated carbocycles. The molecule has 0 bridgehead atoms. The van der Waals surface area contributed by atoms with Gasteiger partial charge >= 0.3 is 5.82 Å². The van der Waals surface area contributed by atoms with E-state index in [2.05, 4.69) is 34.1 Å². The predicted octanol–water partition coefficient (Wildman–Crippen LogP) is 5.52. The zero-order valence-electron chi connectivity index (χ0n) is 17.5. The van der Waals surface area contributed by atoms with Crippen LogP contribution in [0.2, 0.25) is 0 Å². The summed E-state index contributed by atoms with van der Waals surface area (Å²) in [6.45, 7) is 1.35. The van der Waals surface area contributed by atoms with E-state index in [1.807, 2.05) is 42.5 Å². The Kier molecular flexibility index (Phi) is 6.89. The number of nitrogens with zero attached hydrogens (tertiary/aromatic N) is 3. The third kappa shape index (κ3) is 5.67. The van der Waals surface area contributed by atoms with Crippen LogP contribution < -0.4 is 4.90 Å². The van der Waals surface area contributed by atoms with Crippen LogP contribution in [-0.4, -0.2) is 22.1 Å². The van der Waals surface area contributed by atoms with Gasteiger partial charge in [0.1, 0.15) is 0 Å². The summed E-state index contributed by atoms with van der Waals surface area (Å²) in [5.41, 5.74) is 3.29. The Morgan fingerprint density at radius 1 is 0.968 bits per heavy atom. The molecule has 0 aliphatic heterocycles. The molecule has 1 fully saturated rings. The Balaban J connectivity index is 1.50. The zero-order chi connectivity index (χ0) is 21.5. The van der Waals surface area contributed by atoms with E-state index in [1.165, 1.54) is 17.2 Å². The van der Waals surface area contributed by atoms with Crippen molar-refractivity contribution in [2.24, 2.45) is 0 Å². The molecule has 1 heterocycles. The molecule has 2 aromatic carbocycles. The van der Waals surface area contributed by atoms with Crippen molar-refractivity contribution in [1.29, 1.82) is 0 Å². The van der Waals surface area contributed by atoms with E-state index >= 15 is 0 Å². The topological polar surface area (TPSA) is 68.5 Å². The van der Waals surface area contributed by atoms with Gasteiger partial charge in [-0.25, -0.2) is 0 Å².